The van der Waals surface area contributed by atoms with Crippen molar-refractivity contribution in [1.29, 1.82) is 0 Å². The number of para-hydroxylation sites is 2. The molecule has 1 aromatic carbocycles. The van der Waals surface area contributed by atoms with E-state index in [1.165, 1.54) is 11.8 Å². The van der Waals surface area contributed by atoms with Crippen LogP contribution in [0.25, 0.3) is 11.0 Å². The molecule has 1 saturated heterocycles. The summed E-state index contributed by atoms with van der Waals surface area (Å²) in [6, 6.07) is 8.29. The van der Waals surface area contributed by atoms with Crippen molar-refractivity contribution >= 4 is 21.1 Å². The summed E-state index contributed by atoms with van der Waals surface area (Å²) in [5.41, 5.74) is 2.24. The SMILES string of the molecule is CCCCn1c(CN2CCCN(S(C)(=O)=O)CC2)nc2ccccc21. The highest BCUT2D eigenvalue weighted by molar-refractivity contribution is 7.88. The Morgan fingerprint density at radius 3 is 2.68 bits per heavy atom. The van der Waals surface area contributed by atoms with Crippen LogP contribution in [0.2, 0.25) is 0 Å². The van der Waals surface area contributed by atoms with Crippen molar-refractivity contribution in [2.24, 2.45) is 0 Å². The summed E-state index contributed by atoms with van der Waals surface area (Å²) < 4.78 is 27.5. The van der Waals surface area contributed by atoms with Crippen LogP contribution in [0.5, 0.6) is 0 Å². The van der Waals surface area contributed by atoms with Gasteiger partial charge >= 0.3 is 0 Å². The van der Waals surface area contributed by atoms with E-state index in [1.54, 1.807) is 4.31 Å². The van der Waals surface area contributed by atoms with Gasteiger partial charge in [0.1, 0.15) is 5.82 Å². The Morgan fingerprint density at radius 1 is 1.12 bits per heavy atom. The van der Waals surface area contributed by atoms with Crippen molar-refractivity contribution < 1.29 is 8.42 Å². The van der Waals surface area contributed by atoms with Gasteiger partial charge in [-0.2, -0.15) is 0 Å². The molecule has 6 nitrogen and oxygen atoms in total. The Bertz CT molecular complexity index is 816. The molecule has 0 spiro atoms. The zero-order valence-electron chi connectivity index (χ0n) is 15.2. The van der Waals surface area contributed by atoms with E-state index in [0.717, 1.165) is 56.8 Å². The van der Waals surface area contributed by atoms with Crippen LogP contribution in [0.1, 0.15) is 32.0 Å². The molecule has 2 aromatic rings. The van der Waals surface area contributed by atoms with E-state index in [2.05, 4.69) is 34.6 Å². The Kier molecular flexibility index (Phi) is 5.76. The molecule has 0 atom stereocenters. The summed E-state index contributed by atoms with van der Waals surface area (Å²) in [5, 5.41) is 0. The lowest BCUT2D eigenvalue weighted by Crippen LogP contribution is -2.34. The molecule has 0 N–H and O–H groups in total. The Balaban J connectivity index is 1.78. The number of nitrogens with zero attached hydrogens (tertiary/aromatic N) is 4. The second-order valence-electron chi connectivity index (χ2n) is 6.81. The molecule has 1 aliphatic heterocycles. The van der Waals surface area contributed by atoms with Crippen LogP contribution >= 0.6 is 0 Å². The number of benzene rings is 1. The number of unbranched alkanes of at least 4 members (excludes halogenated alkanes) is 1. The van der Waals surface area contributed by atoms with Gasteiger partial charge in [-0.15, -0.1) is 0 Å². The summed E-state index contributed by atoms with van der Waals surface area (Å²) in [6.45, 7) is 6.79. The summed E-state index contributed by atoms with van der Waals surface area (Å²) in [5.74, 6) is 1.09. The second kappa shape index (κ2) is 7.85. The van der Waals surface area contributed by atoms with Crippen molar-refractivity contribution in [3.8, 4) is 0 Å². The zero-order valence-corrected chi connectivity index (χ0v) is 16.0. The molecule has 2 heterocycles. The average Bonchev–Trinajstić information content (AvgIpc) is 2.74. The first-order valence-corrected chi connectivity index (χ1v) is 11.0. The molecule has 1 aliphatic rings. The Labute approximate surface area is 150 Å². The van der Waals surface area contributed by atoms with Gasteiger partial charge in [0.05, 0.1) is 23.8 Å². The second-order valence-corrected chi connectivity index (χ2v) is 8.80. The van der Waals surface area contributed by atoms with Crippen LogP contribution < -0.4 is 0 Å². The maximum atomic E-state index is 11.8. The van der Waals surface area contributed by atoms with E-state index in [-0.39, 0.29) is 0 Å². The monoisotopic (exact) mass is 364 g/mol. The highest BCUT2D eigenvalue weighted by Gasteiger charge is 2.22. The molecule has 25 heavy (non-hydrogen) atoms. The molecule has 1 aromatic heterocycles. The summed E-state index contributed by atoms with van der Waals surface area (Å²) in [6.07, 6.45) is 4.45. The van der Waals surface area contributed by atoms with E-state index < -0.39 is 10.0 Å². The van der Waals surface area contributed by atoms with Crippen molar-refractivity contribution in [1.82, 2.24) is 18.8 Å². The molecule has 0 amide bonds. The van der Waals surface area contributed by atoms with E-state index in [1.807, 2.05) is 6.07 Å². The molecule has 3 rings (SSSR count). The maximum absolute atomic E-state index is 11.8. The molecule has 0 bridgehead atoms. The van der Waals surface area contributed by atoms with Gasteiger partial charge in [-0.05, 0) is 31.5 Å². The fraction of sp³-hybridized carbons (Fsp3) is 0.611. The molecule has 7 heteroatoms. The minimum Gasteiger partial charge on any atom is -0.327 e. The third-order valence-corrected chi connectivity index (χ3v) is 6.15. The number of imidazole rings is 1. The third-order valence-electron chi connectivity index (χ3n) is 4.85. The van der Waals surface area contributed by atoms with Gasteiger partial charge in [-0.25, -0.2) is 17.7 Å². The fourth-order valence-corrected chi connectivity index (χ4v) is 4.32. The number of hydrogen-bond donors (Lipinski definition) is 0. The van der Waals surface area contributed by atoms with Gasteiger partial charge < -0.3 is 4.57 Å². The van der Waals surface area contributed by atoms with Crippen LogP contribution in [0.15, 0.2) is 24.3 Å². The molecule has 0 radical (unpaired) electrons. The van der Waals surface area contributed by atoms with Gasteiger partial charge in [-0.1, -0.05) is 25.5 Å². The lowest BCUT2D eigenvalue weighted by molar-refractivity contribution is 0.268. The molecule has 0 aliphatic carbocycles. The standard InChI is InChI=1S/C18H28N4O2S/c1-3-4-12-22-17-9-6-5-8-16(17)19-18(22)15-20-10-7-11-21(14-13-20)25(2,23)24/h5-6,8-9H,3-4,7,10-15H2,1-2H3. The Hall–Kier alpha value is -1.44. The van der Waals surface area contributed by atoms with Crippen LogP contribution in [-0.2, 0) is 23.1 Å². The van der Waals surface area contributed by atoms with Crippen molar-refractivity contribution in [2.75, 3.05) is 32.4 Å². The molecular weight excluding hydrogens is 336 g/mol. The number of rotatable bonds is 6. The van der Waals surface area contributed by atoms with Crippen molar-refractivity contribution in [2.45, 2.75) is 39.3 Å². The molecule has 0 saturated carbocycles. The Morgan fingerprint density at radius 2 is 1.92 bits per heavy atom. The van der Waals surface area contributed by atoms with Crippen molar-refractivity contribution in [3.63, 3.8) is 0 Å². The van der Waals surface area contributed by atoms with Gasteiger partial charge in [0.2, 0.25) is 10.0 Å². The first-order valence-electron chi connectivity index (χ1n) is 9.10. The summed E-state index contributed by atoms with van der Waals surface area (Å²) >= 11 is 0. The number of fused-ring (bicyclic) bond motifs is 1. The minimum absolute atomic E-state index is 0.564. The molecule has 0 unspecified atom stereocenters. The number of sulfonamides is 1. The normalized spacial score (nSPS) is 17.8. The molecule has 138 valence electrons. The topological polar surface area (TPSA) is 58.4 Å². The van der Waals surface area contributed by atoms with Gasteiger partial charge in [0, 0.05) is 26.2 Å². The van der Waals surface area contributed by atoms with Gasteiger partial charge in [-0.3, -0.25) is 4.90 Å². The smallest absolute Gasteiger partial charge is 0.211 e. The van der Waals surface area contributed by atoms with Crippen LogP contribution in [-0.4, -0.2) is 59.6 Å². The van der Waals surface area contributed by atoms with Crippen LogP contribution in [0.3, 0.4) is 0 Å². The fourth-order valence-electron chi connectivity index (χ4n) is 3.45. The highest BCUT2D eigenvalue weighted by Crippen LogP contribution is 2.19. The van der Waals surface area contributed by atoms with Gasteiger partial charge in [0.15, 0.2) is 0 Å². The van der Waals surface area contributed by atoms with E-state index in [0.29, 0.717) is 13.1 Å². The predicted octanol–water partition coefficient (Wildman–Crippen LogP) is 2.30. The van der Waals surface area contributed by atoms with E-state index in [9.17, 15) is 8.42 Å². The number of hydrogen-bond acceptors (Lipinski definition) is 4. The summed E-state index contributed by atoms with van der Waals surface area (Å²) in [7, 11) is -3.10. The first kappa shape index (κ1) is 18.4. The van der Waals surface area contributed by atoms with E-state index >= 15 is 0 Å². The quantitative estimate of drug-likeness (QED) is 0.789. The highest BCUT2D eigenvalue weighted by atomic mass is 32.2. The minimum atomic E-state index is -3.10. The van der Waals surface area contributed by atoms with Crippen LogP contribution in [0, 0.1) is 0 Å². The predicted molar refractivity (Wildman–Crippen MR) is 101 cm³/mol. The third kappa shape index (κ3) is 4.40. The molecular formula is C18H28N4O2S. The first-order chi connectivity index (χ1) is 12.0. The largest absolute Gasteiger partial charge is 0.327 e. The van der Waals surface area contributed by atoms with Crippen molar-refractivity contribution in [3.05, 3.63) is 30.1 Å². The zero-order chi connectivity index (χ0) is 17.9. The van der Waals surface area contributed by atoms with E-state index in [4.69, 9.17) is 4.98 Å². The lowest BCUT2D eigenvalue weighted by Gasteiger charge is -2.21. The van der Waals surface area contributed by atoms with Crippen LogP contribution in [0.4, 0.5) is 0 Å². The van der Waals surface area contributed by atoms with Gasteiger partial charge in [0.25, 0.3) is 0 Å². The summed E-state index contributed by atoms with van der Waals surface area (Å²) in [4.78, 5) is 7.18. The maximum Gasteiger partial charge on any atom is 0.211 e. The molecule has 1 fully saturated rings. The lowest BCUT2D eigenvalue weighted by atomic mass is 10.3. The number of aromatic nitrogens is 2. The number of aryl methyl sites for hydroxylation is 1. The average molecular weight is 365 g/mol.